The molecule has 0 radical (unpaired) electrons. The van der Waals surface area contributed by atoms with Crippen LogP contribution in [0.5, 0.6) is 0 Å². The molecule has 15 heteroatoms. The Morgan fingerprint density at radius 1 is 0.393 bits per heavy atom. The Morgan fingerprint density at radius 3 is 1.21 bits per heavy atom. The number of likely N-dealkylation sites (tertiary alicyclic amines) is 3. The fourth-order valence-corrected chi connectivity index (χ4v) is 39.8. The van der Waals surface area contributed by atoms with Gasteiger partial charge in [0.05, 0.1) is 13.2 Å². The molecule has 24 aliphatic rings. The van der Waals surface area contributed by atoms with Crippen LogP contribution in [0.1, 0.15) is 334 Å². The number of aryl methyl sites for hydroxylation is 2. The number of morpholine rings is 1. The molecule has 4 N–H and O–H groups in total. The fraction of sp³-hybridized carbons (Fsp3) is 0.667. The molecule has 7 aromatic rings. The van der Waals surface area contributed by atoms with E-state index in [0.717, 1.165) is 216 Å². The Hall–Kier alpha value is -6.91. The van der Waals surface area contributed by atoms with E-state index >= 15 is 0 Å². The van der Waals surface area contributed by atoms with Gasteiger partial charge in [0, 0.05) is 79.3 Å². The summed E-state index contributed by atoms with van der Waals surface area (Å²) in [4.78, 5) is 50.4. The highest BCUT2D eigenvalue weighted by Gasteiger charge is 2.65. The molecule has 20 saturated carbocycles. The number of Topliss-reactive ketones (excluding diaryl/α,β-unsaturated/α-hetero) is 1. The van der Waals surface area contributed by atoms with Crippen LogP contribution in [0, 0.1) is 113 Å². The van der Waals surface area contributed by atoms with E-state index in [1.165, 1.54) is 278 Å². The predicted molar refractivity (Wildman–Crippen MR) is 616 cm³/mol. The summed E-state index contributed by atoms with van der Waals surface area (Å²) in [5.74, 6) is 12.8. The van der Waals surface area contributed by atoms with Crippen LogP contribution in [0.15, 0.2) is 188 Å². The smallest absolute Gasteiger partial charge is 0.315 e. The Labute approximate surface area is 914 Å². The minimum absolute atomic E-state index is 0.00281. The van der Waals surface area contributed by atoms with Crippen molar-refractivity contribution in [2.24, 2.45) is 99.1 Å². The molecule has 12 atom stereocenters. The Balaban J connectivity index is 0.000000106. The molecule has 12 unspecified atom stereocenters. The number of carbonyl (C=O) groups is 3. The monoisotopic (exact) mass is 2070 g/mol. The summed E-state index contributed by atoms with van der Waals surface area (Å²) in [5, 5.41) is 15.1. The highest BCUT2D eigenvalue weighted by atomic mass is 35.5. The van der Waals surface area contributed by atoms with Crippen molar-refractivity contribution in [1.82, 2.24) is 45.8 Å². The lowest BCUT2D eigenvalue weighted by Gasteiger charge is -2.64. The number of nitrogens with zero attached hydrogens (tertiary/aromatic N) is 5. The minimum atomic E-state index is -0.00281. The molecule has 20 bridgehead atoms. The van der Waals surface area contributed by atoms with E-state index in [9.17, 15) is 14.4 Å². The van der Waals surface area contributed by atoms with E-state index in [4.69, 9.17) is 27.9 Å². The predicted octanol–water partition coefficient (Wildman–Crippen LogP) is 28.7. The van der Waals surface area contributed by atoms with E-state index in [2.05, 4.69) is 269 Å². The Morgan fingerprint density at radius 2 is 0.767 bits per heavy atom. The van der Waals surface area contributed by atoms with E-state index < -0.39 is 0 Å². The maximum absolute atomic E-state index is 12.9. The number of nitrogens with one attached hydrogen (secondary N) is 4. The summed E-state index contributed by atoms with van der Waals surface area (Å²) in [7, 11) is 6.23. The summed E-state index contributed by atoms with van der Waals surface area (Å²) in [6.45, 7) is 25.7. The van der Waals surface area contributed by atoms with Gasteiger partial charge in [-0.05, 0) is 533 Å². The van der Waals surface area contributed by atoms with Crippen LogP contribution in [0.3, 0.4) is 0 Å². The third-order valence-electron chi connectivity index (χ3n) is 44.5. The maximum atomic E-state index is 12.9. The summed E-state index contributed by atoms with van der Waals surface area (Å²) in [6.07, 6.45) is 56.4. The lowest BCUT2D eigenvalue weighted by Crippen LogP contribution is -2.66. The zero-order chi connectivity index (χ0) is 103. The Bertz CT molecular complexity index is 5540. The average Bonchev–Trinajstić information content (AvgIpc) is 0.757. The lowest BCUT2D eigenvalue weighted by atomic mass is 9.40. The first kappa shape index (κ1) is 107. The van der Waals surface area contributed by atoms with Crippen LogP contribution in [0.2, 0.25) is 10.0 Å². The highest BCUT2D eigenvalue weighted by molar-refractivity contribution is 6.30. The minimum Gasteiger partial charge on any atom is -0.379 e. The van der Waals surface area contributed by atoms with Crippen molar-refractivity contribution in [3.63, 3.8) is 0 Å². The molecule has 150 heavy (non-hydrogen) atoms. The molecule has 13 nitrogen and oxygen atoms in total. The van der Waals surface area contributed by atoms with Crippen molar-refractivity contribution in [3.8, 4) is 0 Å². The van der Waals surface area contributed by atoms with Gasteiger partial charge in [0.2, 0.25) is 0 Å². The third-order valence-corrected chi connectivity index (χ3v) is 45.0. The van der Waals surface area contributed by atoms with Gasteiger partial charge in [-0.25, -0.2) is 9.59 Å². The number of benzene rings is 7. The number of carbonyl (C=O) groups excluding carboxylic acids is 3. The van der Waals surface area contributed by atoms with Crippen molar-refractivity contribution >= 4 is 41.0 Å². The molecule has 0 aromatic heterocycles. The largest absolute Gasteiger partial charge is 0.379 e. The third kappa shape index (κ3) is 24.5. The van der Waals surface area contributed by atoms with Crippen molar-refractivity contribution in [3.05, 3.63) is 248 Å². The molecule has 7 aromatic carbocycles. The molecule has 20 aliphatic carbocycles. The first-order valence-electron chi connectivity index (χ1n) is 61.1. The number of ketones is 1. The van der Waals surface area contributed by atoms with E-state index in [0.29, 0.717) is 50.9 Å². The molecule has 4 heterocycles. The van der Waals surface area contributed by atoms with Gasteiger partial charge in [0.25, 0.3) is 0 Å². The summed E-state index contributed by atoms with van der Waals surface area (Å²) in [6, 6.07) is 70.2. The van der Waals surface area contributed by atoms with Crippen LogP contribution in [-0.2, 0) is 49.6 Å². The second-order valence-corrected chi connectivity index (χ2v) is 56.9. The fourth-order valence-electron chi connectivity index (χ4n) is 39.5. The van der Waals surface area contributed by atoms with Gasteiger partial charge in [0.1, 0.15) is 5.78 Å². The van der Waals surface area contributed by atoms with Gasteiger partial charge < -0.3 is 40.7 Å². The van der Waals surface area contributed by atoms with Crippen molar-refractivity contribution in [1.29, 1.82) is 0 Å². The van der Waals surface area contributed by atoms with Gasteiger partial charge in [-0.15, -0.1) is 0 Å². The quantitative estimate of drug-likeness (QED) is 0.0363. The van der Waals surface area contributed by atoms with E-state index in [1.807, 2.05) is 14.1 Å². The molecule has 24 fully saturated rings. The van der Waals surface area contributed by atoms with Crippen molar-refractivity contribution in [2.75, 3.05) is 113 Å². The number of hydrogen-bond acceptors (Lipinski definition) is 9. The molecule has 4 aliphatic heterocycles. The number of amides is 4. The van der Waals surface area contributed by atoms with E-state index in [-0.39, 0.29) is 34.0 Å². The number of urea groups is 2. The molecule has 810 valence electrons. The normalized spacial score (nSPS) is 35.7. The summed E-state index contributed by atoms with van der Waals surface area (Å²) >= 11 is 12.5. The molecular weight excluding hydrogens is 1880 g/mol. The van der Waals surface area contributed by atoms with Crippen LogP contribution < -0.4 is 21.3 Å². The first-order valence-corrected chi connectivity index (χ1v) is 61.8. The van der Waals surface area contributed by atoms with Crippen LogP contribution >= 0.6 is 23.2 Å². The molecule has 31 rings (SSSR count). The number of ether oxygens (including phenoxy) is 1. The second-order valence-electron chi connectivity index (χ2n) is 56.1. The zero-order valence-corrected chi connectivity index (χ0v) is 94.7. The van der Waals surface area contributed by atoms with Crippen LogP contribution in [0.25, 0.3) is 0 Å². The van der Waals surface area contributed by atoms with Gasteiger partial charge in [-0.3, -0.25) is 14.6 Å². The topological polar surface area (TPSA) is 125 Å². The molecule has 4 saturated heterocycles. The van der Waals surface area contributed by atoms with Crippen molar-refractivity contribution in [2.45, 2.75) is 355 Å². The van der Waals surface area contributed by atoms with Crippen LogP contribution in [-0.4, -0.2) is 172 Å². The van der Waals surface area contributed by atoms with Gasteiger partial charge in [-0.2, -0.15) is 0 Å². The number of hydrogen-bond donors (Lipinski definition) is 4. The molecular formula is C135H187Cl2N9O4. The molecule has 0 spiro atoms. The van der Waals surface area contributed by atoms with Gasteiger partial charge in [-0.1, -0.05) is 212 Å². The maximum Gasteiger partial charge on any atom is 0.315 e. The summed E-state index contributed by atoms with van der Waals surface area (Å²) in [5.41, 5.74) is 16.8. The standard InChI is InChI=1S/C32H42ClN.C31H40ClN.C26H37NO2.C24H35N3O.C22H33N3O/c1-24(17-26-12-15-34(16-13-26)14-11-25-5-3-2-4-6-25)31-19-27-18-28(20-31)22-32(21-27,23-31)29-7-9-30(33)10-8-29;1-23(15-24-11-13-33(14-12-24)21-25-5-3-2-4-6-25)30-17-26-16-27(18-30)20-31(19-26,22-30)28-7-9-29(32)10-8-28;28-24(7-4-10-27-11-13-29-14-12-27)8-9-25-16-21-15-22(17-25)19-26(18-21,20-25)23-5-2-1-3-6-23;1-17-3-5-20(6-4-17)23-12-18-11-19(13-23)15-24(14-18,16-23)26-22(28)25-21-7-9-27(2)10-8-21;1-16-4-6-19(7-5-16)21-11-17-10-18(12-21)14-22(13-17,15-21)24-20(26)23-8-9-25(2)3/h2-10,24,26-28H,11-23H2,1H3;2-10,23-24,26-27H,11-22H2,1H3;1-3,5-6,21-22H,4,7-20H2;3-6,18-19,21H,7-16H2,1-2H3,(H2,25,26,28);4-7,17-18H,8-15H2,1-3H3,(H2,23,24,26). The second kappa shape index (κ2) is 45.6. The lowest BCUT2D eigenvalue weighted by molar-refractivity contribution is -0.122. The molecule has 4 amide bonds. The number of halogens is 2. The number of rotatable bonds is 29. The average molecular weight is 2070 g/mol. The van der Waals surface area contributed by atoms with Gasteiger partial charge >= 0.3 is 12.1 Å². The summed E-state index contributed by atoms with van der Waals surface area (Å²) < 4.78 is 5.41. The van der Waals surface area contributed by atoms with Gasteiger partial charge in [0.15, 0.2) is 0 Å². The highest BCUT2D eigenvalue weighted by Crippen LogP contribution is 2.73. The SMILES string of the molecule is CC(CC1CCN(CCc2ccccc2)CC1)C12CC3CC(CC(c4ccc(Cl)cc4)(C3)C1)C2.CC(CC1CCN(Cc2ccccc2)CC1)C12CC3CC(CC(c4ccc(Cl)cc4)(C3)C1)C2.Cc1ccc(C23CC4CC(CC(NC(=O)NC5CCN(C)CC5)(C4)C2)C3)cc1.Cc1ccc(C23CC4CC(CC(NC(=O)NCCN(C)C)(C4)C2)C3)cc1.O=C(CCCN1CCOCC1)CCC12CC3CC(C1)CC(c1ccccc1)(C3)C2. The number of piperidine rings is 3. The first-order chi connectivity index (χ1) is 72.5. The number of likely N-dealkylation sites (N-methyl/N-ethyl adjacent to an activating group) is 1. The van der Waals surface area contributed by atoms with Crippen LogP contribution in [0.4, 0.5) is 9.59 Å². The van der Waals surface area contributed by atoms with Crippen molar-refractivity contribution < 1.29 is 19.1 Å². The zero-order valence-electron chi connectivity index (χ0n) is 93.2. The Kier molecular flexibility index (Phi) is 32.6. The van der Waals surface area contributed by atoms with E-state index in [1.54, 1.807) is 16.7 Å².